The SMILES string of the molecule is CCCSc1ccc(CCCN)s1. The molecule has 1 heterocycles. The van der Waals surface area contributed by atoms with Crippen LogP contribution in [0.15, 0.2) is 16.3 Å². The van der Waals surface area contributed by atoms with Gasteiger partial charge in [-0.25, -0.2) is 0 Å². The Balaban J connectivity index is 2.34. The molecule has 0 saturated heterocycles. The van der Waals surface area contributed by atoms with Gasteiger partial charge in [0.15, 0.2) is 0 Å². The highest BCUT2D eigenvalue weighted by Gasteiger charge is 1.99. The van der Waals surface area contributed by atoms with Crippen LogP contribution in [0.3, 0.4) is 0 Å². The number of nitrogens with two attached hydrogens (primary N) is 1. The highest BCUT2D eigenvalue weighted by molar-refractivity contribution is 8.01. The molecule has 1 rings (SSSR count). The van der Waals surface area contributed by atoms with E-state index in [1.165, 1.54) is 21.3 Å². The van der Waals surface area contributed by atoms with Gasteiger partial charge in [-0.1, -0.05) is 6.92 Å². The molecular formula is C10H17NS2. The van der Waals surface area contributed by atoms with E-state index < -0.39 is 0 Å². The summed E-state index contributed by atoms with van der Waals surface area (Å²) in [6.45, 7) is 3.02. The summed E-state index contributed by atoms with van der Waals surface area (Å²) in [5.41, 5.74) is 5.46. The lowest BCUT2D eigenvalue weighted by Gasteiger charge is -1.94. The third kappa shape index (κ3) is 4.16. The van der Waals surface area contributed by atoms with Gasteiger partial charge in [0.25, 0.3) is 0 Å². The molecule has 0 aliphatic heterocycles. The summed E-state index contributed by atoms with van der Waals surface area (Å²) in [5, 5.41) is 0. The Bertz CT molecular complexity index is 210. The first-order valence-corrected chi connectivity index (χ1v) is 6.58. The second-order valence-electron chi connectivity index (χ2n) is 2.96. The van der Waals surface area contributed by atoms with Crippen LogP contribution in [0, 0.1) is 0 Å². The van der Waals surface area contributed by atoms with Crippen molar-refractivity contribution < 1.29 is 0 Å². The maximum absolute atomic E-state index is 5.46. The second-order valence-corrected chi connectivity index (χ2v) is 5.52. The van der Waals surface area contributed by atoms with Gasteiger partial charge in [-0.3, -0.25) is 0 Å². The minimum atomic E-state index is 0.801. The summed E-state index contributed by atoms with van der Waals surface area (Å²) in [6, 6.07) is 4.47. The van der Waals surface area contributed by atoms with Crippen LogP contribution in [0.5, 0.6) is 0 Å². The van der Waals surface area contributed by atoms with Crippen LogP contribution >= 0.6 is 23.1 Å². The molecule has 0 radical (unpaired) electrons. The molecule has 0 aromatic carbocycles. The van der Waals surface area contributed by atoms with Crippen molar-refractivity contribution in [2.75, 3.05) is 12.3 Å². The first kappa shape index (κ1) is 11.1. The fourth-order valence-corrected chi connectivity index (χ4v) is 3.20. The molecular weight excluding hydrogens is 198 g/mol. The number of hydrogen-bond donors (Lipinski definition) is 1. The monoisotopic (exact) mass is 215 g/mol. The molecule has 1 aromatic heterocycles. The summed E-state index contributed by atoms with van der Waals surface area (Å²) in [4.78, 5) is 1.48. The van der Waals surface area contributed by atoms with Crippen LogP contribution in [0.25, 0.3) is 0 Å². The molecule has 0 spiro atoms. The number of thioether (sulfide) groups is 1. The Morgan fingerprint density at radius 2 is 2.31 bits per heavy atom. The standard InChI is InChI=1S/C10H17NS2/c1-2-8-12-10-6-5-9(13-10)4-3-7-11/h5-6H,2-4,7-8,11H2,1H3. The Morgan fingerprint density at radius 1 is 1.46 bits per heavy atom. The maximum Gasteiger partial charge on any atom is 0.0601 e. The lowest BCUT2D eigenvalue weighted by Crippen LogP contribution is -1.98. The minimum absolute atomic E-state index is 0.801. The predicted molar refractivity (Wildman–Crippen MR) is 62.7 cm³/mol. The maximum atomic E-state index is 5.46. The molecule has 0 atom stereocenters. The van der Waals surface area contributed by atoms with Crippen molar-refractivity contribution >= 4 is 23.1 Å². The second kappa shape index (κ2) is 6.46. The molecule has 0 unspecified atom stereocenters. The zero-order chi connectivity index (χ0) is 9.52. The fraction of sp³-hybridized carbons (Fsp3) is 0.600. The van der Waals surface area contributed by atoms with E-state index in [1.54, 1.807) is 0 Å². The normalized spacial score (nSPS) is 10.6. The topological polar surface area (TPSA) is 26.0 Å². The average molecular weight is 215 g/mol. The molecule has 0 aliphatic carbocycles. The van der Waals surface area contributed by atoms with Gasteiger partial charge in [0.1, 0.15) is 0 Å². The summed E-state index contributed by atoms with van der Waals surface area (Å²) in [6.07, 6.45) is 3.51. The van der Waals surface area contributed by atoms with Crippen molar-refractivity contribution in [3.8, 4) is 0 Å². The van der Waals surface area contributed by atoms with Crippen molar-refractivity contribution in [3.63, 3.8) is 0 Å². The van der Waals surface area contributed by atoms with E-state index in [-0.39, 0.29) is 0 Å². The Hall–Kier alpha value is 0.01000. The first-order chi connectivity index (χ1) is 6.36. The summed E-state index contributed by atoms with van der Waals surface area (Å²) in [7, 11) is 0. The van der Waals surface area contributed by atoms with Crippen molar-refractivity contribution in [1.82, 2.24) is 0 Å². The zero-order valence-corrected chi connectivity index (χ0v) is 9.72. The molecule has 1 nitrogen and oxygen atoms in total. The van der Waals surface area contributed by atoms with Crippen molar-refractivity contribution in [1.29, 1.82) is 0 Å². The molecule has 3 heteroatoms. The highest BCUT2D eigenvalue weighted by atomic mass is 32.2. The van der Waals surface area contributed by atoms with Crippen LogP contribution in [0.4, 0.5) is 0 Å². The lowest BCUT2D eigenvalue weighted by atomic mass is 10.3. The number of rotatable bonds is 6. The molecule has 2 N–H and O–H groups in total. The zero-order valence-electron chi connectivity index (χ0n) is 8.08. The summed E-state index contributed by atoms with van der Waals surface area (Å²) < 4.78 is 1.45. The van der Waals surface area contributed by atoms with Crippen molar-refractivity contribution in [3.05, 3.63) is 17.0 Å². The van der Waals surface area contributed by atoms with E-state index >= 15 is 0 Å². The fourth-order valence-electron chi connectivity index (χ4n) is 1.05. The van der Waals surface area contributed by atoms with Gasteiger partial charge < -0.3 is 5.73 Å². The number of aryl methyl sites for hydroxylation is 1. The third-order valence-corrected chi connectivity index (χ3v) is 4.29. The van der Waals surface area contributed by atoms with E-state index in [9.17, 15) is 0 Å². The molecule has 0 amide bonds. The average Bonchev–Trinajstić information content (AvgIpc) is 2.59. The summed E-state index contributed by atoms with van der Waals surface area (Å²) in [5.74, 6) is 1.23. The van der Waals surface area contributed by atoms with Crippen LogP contribution in [-0.4, -0.2) is 12.3 Å². The van der Waals surface area contributed by atoms with E-state index in [4.69, 9.17) is 5.73 Å². The van der Waals surface area contributed by atoms with Crippen LogP contribution in [-0.2, 0) is 6.42 Å². The Morgan fingerprint density at radius 3 is 3.00 bits per heavy atom. The van der Waals surface area contributed by atoms with E-state index in [0.717, 1.165) is 19.4 Å². The van der Waals surface area contributed by atoms with Gasteiger partial charge >= 0.3 is 0 Å². The molecule has 0 fully saturated rings. The van der Waals surface area contributed by atoms with E-state index in [2.05, 4.69) is 19.1 Å². The largest absolute Gasteiger partial charge is 0.330 e. The van der Waals surface area contributed by atoms with Gasteiger partial charge in [-0.2, -0.15) is 0 Å². The van der Waals surface area contributed by atoms with E-state index in [0.29, 0.717) is 0 Å². The Labute approximate surface area is 88.7 Å². The smallest absolute Gasteiger partial charge is 0.0601 e. The van der Waals surface area contributed by atoms with Crippen molar-refractivity contribution in [2.24, 2.45) is 5.73 Å². The number of hydrogen-bond acceptors (Lipinski definition) is 3. The first-order valence-electron chi connectivity index (χ1n) is 4.78. The van der Waals surface area contributed by atoms with Gasteiger partial charge in [-0.15, -0.1) is 23.1 Å². The number of thiophene rings is 1. The molecule has 0 aliphatic rings. The highest BCUT2D eigenvalue weighted by Crippen LogP contribution is 2.28. The lowest BCUT2D eigenvalue weighted by molar-refractivity contribution is 0.843. The molecule has 0 saturated carbocycles. The Kier molecular flexibility index (Phi) is 5.51. The molecule has 13 heavy (non-hydrogen) atoms. The molecule has 1 aromatic rings. The minimum Gasteiger partial charge on any atom is -0.330 e. The predicted octanol–water partition coefficient (Wildman–Crippen LogP) is 3.14. The van der Waals surface area contributed by atoms with Gasteiger partial charge in [0.2, 0.25) is 0 Å². The van der Waals surface area contributed by atoms with Gasteiger partial charge in [0, 0.05) is 4.88 Å². The van der Waals surface area contributed by atoms with Crippen LogP contribution < -0.4 is 5.73 Å². The molecule has 0 bridgehead atoms. The molecule has 74 valence electrons. The quantitative estimate of drug-likeness (QED) is 0.738. The van der Waals surface area contributed by atoms with Crippen molar-refractivity contribution in [2.45, 2.75) is 30.4 Å². The summed E-state index contributed by atoms with van der Waals surface area (Å²) >= 11 is 3.88. The van der Waals surface area contributed by atoms with E-state index in [1.807, 2.05) is 23.1 Å². The van der Waals surface area contributed by atoms with Gasteiger partial charge in [0.05, 0.1) is 4.21 Å². The van der Waals surface area contributed by atoms with Crippen LogP contribution in [0.2, 0.25) is 0 Å². The van der Waals surface area contributed by atoms with Gasteiger partial charge in [-0.05, 0) is 43.7 Å². The van der Waals surface area contributed by atoms with Crippen LogP contribution in [0.1, 0.15) is 24.6 Å². The third-order valence-electron chi connectivity index (χ3n) is 1.71.